The number of hydrogen-bond acceptors (Lipinski definition) is 4. The molecule has 1 fully saturated rings. The number of hydrogen-bond donors (Lipinski definition) is 1. The minimum Gasteiger partial charge on any atom is -0.381 e. The fraction of sp³-hybridized carbons (Fsp3) is 0.692. The highest BCUT2D eigenvalue weighted by atomic mass is 79.9. The van der Waals surface area contributed by atoms with Gasteiger partial charge in [-0.25, -0.2) is 4.68 Å². The lowest BCUT2D eigenvalue weighted by molar-refractivity contribution is 0.501. The van der Waals surface area contributed by atoms with Gasteiger partial charge in [0.15, 0.2) is 0 Å². The van der Waals surface area contributed by atoms with Crippen molar-refractivity contribution >= 4 is 33.4 Å². The summed E-state index contributed by atoms with van der Waals surface area (Å²) >= 11 is 5.38. The molecule has 0 saturated carbocycles. The molecule has 2 rings (SSSR count). The molecule has 1 atom stereocenters. The molecule has 1 aromatic heterocycles. The van der Waals surface area contributed by atoms with Crippen LogP contribution in [0.15, 0.2) is 15.5 Å². The van der Waals surface area contributed by atoms with Crippen molar-refractivity contribution in [1.82, 2.24) is 9.78 Å². The van der Waals surface area contributed by atoms with Crippen molar-refractivity contribution in [3.63, 3.8) is 0 Å². The van der Waals surface area contributed by atoms with E-state index in [0.717, 1.165) is 12.2 Å². The molecule has 1 aromatic rings. The van der Waals surface area contributed by atoms with Crippen LogP contribution in [-0.2, 0) is 0 Å². The molecule has 6 heteroatoms. The maximum atomic E-state index is 12.1. The average molecular weight is 346 g/mol. The van der Waals surface area contributed by atoms with Crippen molar-refractivity contribution < 1.29 is 0 Å². The van der Waals surface area contributed by atoms with Crippen LogP contribution in [0.3, 0.4) is 0 Å². The SMILES string of the molecule is CC(C)n1ncc(NCC2(C)CCCS2)c(Br)c1=O. The predicted octanol–water partition coefficient (Wildman–Crippen LogP) is 3.28. The first-order chi connectivity index (χ1) is 8.93. The number of nitrogens with one attached hydrogen (secondary N) is 1. The zero-order chi connectivity index (χ0) is 14.0. The Morgan fingerprint density at radius 3 is 2.95 bits per heavy atom. The zero-order valence-corrected chi connectivity index (χ0v) is 14.0. The second kappa shape index (κ2) is 5.87. The molecule has 19 heavy (non-hydrogen) atoms. The molecule has 1 N–H and O–H groups in total. The number of aromatic nitrogens is 2. The average Bonchev–Trinajstić information content (AvgIpc) is 2.78. The van der Waals surface area contributed by atoms with Crippen LogP contribution < -0.4 is 10.9 Å². The Bertz CT molecular complexity index is 509. The van der Waals surface area contributed by atoms with Gasteiger partial charge in [0.05, 0.1) is 17.9 Å². The highest BCUT2D eigenvalue weighted by Gasteiger charge is 2.29. The third kappa shape index (κ3) is 3.34. The maximum Gasteiger partial charge on any atom is 0.283 e. The van der Waals surface area contributed by atoms with Gasteiger partial charge >= 0.3 is 0 Å². The highest BCUT2D eigenvalue weighted by Crippen LogP contribution is 2.37. The number of rotatable bonds is 4. The Hall–Kier alpha value is -0.490. The largest absolute Gasteiger partial charge is 0.381 e. The second-order valence-corrected chi connectivity index (χ2v) is 7.95. The van der Waals surface area contributed by atoms with Crippen LogP contribution in [0.25, 0.3) is 0 Å². The first kappa shape index (κ1) is 14.9. The Kier molecular flexibility index (Phi) is 4.61. The van der Waals surface area contributed by atoms with Crippen LogP contribution in [0.1, 0.15) is 39.7 Å². The van der Waals surface area contributed by atoms with E-state index in [1.165, 1.54) is 23.3 Å². The zero-order valence-electron chi connectivity index (χ0n) is 11.6. The van der Waals surface area contributed by atoms with Crippen LogP contribution in [0.4, 0.5) is 5.69 Å². The summed E-state index contributed by atoms with van der Waals surface area (Å²) in [6, 6.07) is 0.0701. The molecule has 2 heterocycles. The third-order valence-electron chi connectivity index (χ3n) is 3.39. The van der Waals surface area contributed by atoms with Gasteiger partial charge < -0.3 is 5.32 Å². The number of thioether (sulfide) groups is 1. The van der Waals surface area contributed by atoms with Crippen molar-refractivity contribution in [2.24, 2.45) is 0 Å². The molecule has 0 bridgehead atoms. The number of halogens is 1. The van der Waals surface area contributed by atoms with Crippen LogP contribution >= 0.6 is 27.7 Å². The highest BCUT2D eigenvalue weighted by molar-refractivity contribution is 9.10. The summed E-state index contributed by atoms with van der Waals surface area (Å²) in [5, 5.41) is 7.57. The summed E-state index contributed by atoms with van der Waals surface area (Å²) in [7, 11) is 0. The molecule has 1 aliphatic heterocycles. The molecule has 1 saturated heterocycles. The van der Waals surface area contributed by atoms with Crippen LogP contribution in [0.5, 0.6) is 0 Å². The summed E-state index contributed by atoms with van der Waals surface area (Å²) < 4.78 is 2.33. The van der Waals surface area contributed by atoms with E-state index in [4.69, 9.17) is 0 Å². The molecule has 0 amide bonds. The van der Waals surface area contributed by atoms with E-state index in [1.54, 1.807) is 6.20 Å². The fourth-order valence-electron chi connectivity index (χ4n) is 2.19. The van der Waals surface area contributed by atoms with Gasteiger partial charge in [-0.1, -0.05) is 0 Å². The van der Waals surface area contributed by atoms with Crippen LogP contribution in [0, 0.1) is 0 Å². The summed E-state index contributed by atoms with van der Waals surface area (Å²) in [5.74, 6) is 1.23. The molecule has 1 unspecified atom stereocenters. The van der Waals surface area contributed by atoms with E-state index in [1.807, 2.05) is 25.6 Å². The van der Waals surface area contributed by atoms with E-state index in [0.29, 0.717) is 4.47 Å². The second-order valence-electron chi connectivity index (χ2n) is 5.47. The molecule has 1 aliphatic rings. The van der Waals surface area contributed by atoms with E-state index in [-0.39, 0.29) is 16.3 Å². The first-order valence-electron chi connectivity index (χ1n) is 6.58. The standard InChI is InChI=1S/C13H20BrN3OS/c1-9(2)17-12(18)11(14)10(7-16-17)15-8-13(3)5-4-6-19-13/h7,9,15H,4-6,8H2,1-3H3. The number of nitrogens with zero attached hydrogens (tertiary/aromatic N) is 2. The van der Waals surface area contributed by atoms with Gasteiger partial charge in [0, 0.05) is 11.3 Å². The molecule has 0 aliphatic carbocycles. The monoisotopic (exact) mass is 345 g/mol. The normalized spacial score (nSPS) is 23.0. The molecule has 0 spiro atoms. The number of anilines is 1. The van der Waals surface area contributed by atoms with Gasteiger partial charge in [-0.05, 0) is 55.3 Å². The molecule has 0 radical (unpaired) electrons. The lowest BCUT2D eigenvalue weighted by atomic mass is 10.1. The van der Waals surface area contributed by atoms with Gasteiger partial charge in [-0.3, -0.25) is 4.79 Å². The summed E-state index contributed by atoms with van der Waals surface area (Å²) in [6.07, 6.45) is 4.23. The smallest absolute Gasteiger partial charge is 0.283 e. The van der Waals surface area contributed by atoms with Crippen molar-refractivity contribution in [2.45, 2.75) is 44.4 Å². The summed E-state index contributed by atoms with van der Waals surface area (Å²) in [4.78, 5) is 12.1. The van der Waals surface area contributed by atoms with Gasteiger partial charge in [0.25, 0.3) is 5.56 Å². The van der Waals surface area contributed by atoms with E-state index in [9.17, 15) is 4.79 Å². The quantitative estimate of drug-likeness (QED) is 0.909. The van der Waals surface area contributed by atoms with E-state index >= 15 is 0 Å². The van der Waals surface area contributed by atoms with Crippen molar-refractivity contribution in [3.8, 4) is 0 Å². The maximum absolute atomic E-state index is 12.1. The molecule has 106 valence electrons. The van der Waals surface area contributed by atoms with Crippen molar-refractivity contribution in [2.75, 3.05) is 17.6 Å². The van der Waals surface area contributed by atoms with Gasteiger partial charge in [0.2, 0.25) is 0 Å². The van der Waals surface area contributed by atoms with E-state index < -0.39 is 0 Å². The Balaban J connectivity index is 2.13. The lowest BCUT2D eigenvalue weighted by Gasteiger charge is -2.24. The Morgan fingerprint density at radius 1 is 1.63 bits per heavy atom. The third-order valence-corrected chi connectivity index (χ3v) is 5.69. The summed E-state index contributed by atoms with van der Waals surface area (Å²) in [5.41, 5.74) is 0.708. The van der Waals surface area contributed by atoms with Crippen LogP contribution in [0.2, 0.25) is 0 Å². The van der Waals surface area contributed by atoms with Gasteiger partial charge in [0.1, 0.15) is 4.47 Å². The molecular weight excluding hydrogens is 326 g/mol. The van der Waals surface area contributed by atoms with Crippen LogP contribution in [-0.4, -0.2) is 26.8 Å². The van der Waals surface area contributed by atoms with Crippen molar-refractivity contribution in [3.05, 3.63) is 21.0 Å². The Labute approximate surface area is 126 Å². The lowest BCUT2D eigenvalue weighted by Crippen LogP contribution is -2.30. The molecular formula is C13H20BrN3OS. The van der Waals surface area contributed by atoms with E-state index in [2.05, 4.69) is 33.3 Å². The first-order valence-corrected chi connectivity index (χ1v) is 8.36. The predicted molar refractivity (Wildman–Crippen MR) is 85.2 cm³/mol. The Morgan fingerprint density at radius 2 is 2.37 bits per heavy atom. The van der Waals surface area contributed by atoms with Gasteiger partial charge in [-0.2, -0.15) is 16.9 Å². The molecule has 0 aromatic carbocycles. The minimum atomic E-state index is -0.0794. The summed E-state index contributed by atoms with van der Waals surface area (Å²) in [6.45, 7) is 7.03. The topological polar surface area (TPSA) is 46.9 Å². The minimum absolute atomic E-state index is 0.0701. The fourth-order valence-corrected chi connectivity index (χ4v) is 3.86. The van der Waals surface area contributed by atoms with Crippen molar-refractivity contribution in [1.29, 1.82) is 0 Å². The van der Waals surface area contributed by atoms with Gasteiger partial charge in [-0.15, -0.1) is 0 Å². The molecule has 4 nitrogen and oxygen atoms in total.